The molecule has 0 spiro atoms. The molecule has 4 heteroatoms. The zero-order valence-corrected chi connectivity index (χ0v) is 10.1. The summed E-state index contributed by atoms with van der Waals surface area (Å²) in [4.78, 5) is 4.39. The number of imidazole rings is 1. The van der Waals surface area contributed by atoms with Crippen LogP contribution in [0.25, 0.3) is 16.4 Å². The van der Waals surface area contributed by atoms with Gasteiger partial charge in [-0.3, -0.25) is 4.40 Å². The minimum Gasteiger partial charge on any atom is -0.300 e. The van der Waals surface area contributed by atoms with Gasteiger partial charge in [-0.25, -0.2) is 9.37 Å². The average Bonchev–Trinajstić information content (AvgIpc) is 2.57. The molecule has 3 rings (SSSR count). The summed E-state index contributed by atoms with van der Waals surface area (Å²) in [5, 5.41) is 1.43. The smallest absolute Gasteiger partial charge is 0.147 e. The molecule has 3 aromatic rings. The molecule has 0 aliphatic heterocycles. The maximum Gasteiger partial charge on any atom is 0.147 e. The molecule has 0 atom stereocenters. The van der Waals surface area contributed by atoms with Crippen LogP contribution in [-0.4, -0.2) is 9.38 Å². The van der Waals surface area contributed by atoms with Gasteiger partial charge in [0.1, 0.15) is 16.1 Å². The summed E-state index contributed by atoms with van der Waals surface area (Å²) >= 11 is 3.36. The first kappa shape index (κ1) is 9.78. The van der Waals surface area contributed by atoms with Crippen LogP contribution >= 0.6 is 15.9 Å². The van der Waals surface area contributed by atoms with Crippen molar-refractivity contribution in [1.82, 2.24) is 9.38 Å². The fraction of sp³-hybridized carbons (Fsp3) is 0.0833. The van der Waals surface area contributed by atoms with E-state index in [1.54, 1.807) is 10.5 Å². The number of fused-ring (bicyclic) bond motifs is 3. The zero-order valence-electron chi connectivity index (χ0n) is 8.54. The Kier molecular flexibility index (Phi) is 2.01. The summed E-state index contributed by atoms with van der Waals surface area (Å²) in [5.74, 6) is -0.226. The van der Waals surface area contributed by atoms with E-state index >= 15 is 0 Å². The Labute approximate surface area is 99.8 Å². The number of rotatable bonds is 0. The Bertz CT molecular complexity index is 703. The number of benzene rings is 1. The molecule has 0 saturated heterocycles. The van der Waals surface area contributed by atoms with Crippen LogP contribution in [0.1, 0.15) is 5.69 Å². The van der Waals surface area contributed by atoms with Gasteiger partial charge in [0.25, 0.3) is 0 Å². The van der Waals surface area contributed by atoms with Crippen molar-refractivity contribution in [3.8, 4) is 0 Å². The van der Waals surface area contributed by atoms with E-state index in [2.05, 4.69) is 20.9 Å². The highest BCUT2D eigenvalue weighted by molar-refractivity contribution is 9.10. The SMILES string of the molecule is Cc1c(Br)nc2c3ccccc3c(F)cn12. The van der Waals surface area contributed by atoms with Gasteiger partial charge in [0, 0.05) is 17.0 Å². The van der Waals surface area contributed by atoms with E-state index in [4.69, 9.17) is 0 Å². The predicted octanol–water partition coefficient (Wildman–Crippen LogP) is 3.70. The quantitative estimate of drug-likeness (QED) is 0.613. The third-order valence-electron chi connectivity index (χ3n) is 2.76. The minimum atomic E-state index is -0.226. The first-order valence-corrected chi connectivity index (χ1v) is 5.69. The Hall–Kier alpha value is -1.42. The molecule has 2 heterocycles. The van der Waals surface area contributed by atoms with Gasteiger partial charge in [0.15, 0.2) is 0 Å². The van der Waals surface area contributed by atoms with Crippen molar-refractivity contribution in [2.45, 2.75) is 6.92 Å². The van der Waals surface area contributed by atoms with Crippen molar-refractivity contribution in [3.05, 3.63) is 46.6 Å². The molecule has 0 N–H and O–H groups in total. The molecule has 2 nitrogen and oxygen atoms in total. The lowest BCUT2D eigenvalue weighted by atomic mass is 10.1. The summed E-state index contributed by atoms with van der Waals surface area (Å²) in [7, 11) is 0. The van der Waals surface area contributed by atoms with Crippen LogP contribution in [0, 0.1) is 12.7 Å². The Morgan fingerprint density at radius 2 is 1.94 bits per heavy atom. The maximum atomic E-state index is 13.8. The molecule has 0 amide bonds. The molecular formula is C12H8BrFN2. The lowest BCUT2D eigenvalue weighted by Crippen LogP contribution is -1.91. The molecule has 0 fully saturated rings. The lowest BCUT2D eigenvalue weighted by Gasteiger charge is -2.02. The van der Waals surface area contributed by atoms with Crippen molar-refractivity contribution < 1.29 is 4.39 Å². The molecule has 0 saturated carbocycles. The highest BCUT2D eigenvalue weighted by Gasteiger charge is 2.11. The van der Waals surface area contributed by atoms with Gasteiger partial charge in [0.2, 0.25) is 0 Å². The number of aryl methyl sites for hydroxylation is 1. The summed E-state index contributed by atoms with van der Waals surface area (Å²) in [6.07, 6.45) is 1.48. The summed E-state index contributed by atoms with van der Waals surface area (Å²) in [6.45, 7) is 1.90. The van der Waals surface area contributed by atoms with Crippen LogP contribution < -0.4 is 0 Å². The van der Waals surface area contributed by atoms with Gasteiger partial charge >= 0.3 is 0 Å². The van der Waals surface area contributed by atoms with Gasteiger partial charge < -0.3 is 0 Å². The topological polar surface area (TPSA) is 17.3 Å². The predicted molar refractivity (Wildman–Crippen MR) is 65.1 cm³/mol. The normalized spacial score (nSPS) is 11.4. The summed E-state index contributed by atoms with van der Waals surface area (Å²) < 4.78 is 16.4. The van der Waals surface area contributed by atoms with E-state index in [1.807, 2.05) is 25.1 Å². The fourth-order valence-corrected chi connectivity index (χ4v) is 2.26. The molecule has 0 bridgehead atoms. The molecule has 0 radical (unpaired) electrons. The highest BCUT2D eigenvalue weighted by Crippen LogP contribution is 2.26. The van der Waals surface area contributed by atoms with Gasteiger partial charge in [-0.05, 0) is 22.9 Å². The van der Waals surface area contributed by atoms with E-state index < -0.39 is 0 Å². The van der Waals surface area contributed by atoms with E-state index in [0.717, 1.165) is 21.3 Å². The van der Waals surface area contributed by atoms with E-state index in [9.17, 15) is 4.39 Å². The van der Waals surface area contributed by atoms with Crippen LogP contribution in [0.5, 0.6) is 0 Å². The monoisotopic (exact) mass is 278 g/mol. The standard InChI is InChI=1S/C12H8BrFN2/c1-7-11(13)15-12-9-5-3-2-4-8(9)10(14)6-16(7)12/h2-6H,1H3. The Balaban J connectivity index is 2.64. The average molecular weight is 279 g/mol. The third kappa shape index (κ3) is 1.19. The van der Waals surface area contributed by atoms with Crippen LogP contribution in [0.3, 0.4) is 0 Å². The second kappa shape index (κ2) is 3.28. The molecule has 1 aromatic carbocycles. The van der Waals surface area contributed by atoms with Crippen molar-refractivity contribution >= 4 is 32.3 Å². The lowest BCUT2D eigenvalue weighted by molar-refractivity contribution is 0.631. The summed E-state index contributed by atoms with van der Waals surface area (Å²) in [5.41, 5.74) is 1.68. The maximum absolute atomic E-state index is 13.8. The molecule has 80 valence electrons. The second-order valence-corrected chi connectivity index (χ2v) is 4.46. The third-order valence-corrected chi connectivity index (χ3v) is 3.51. The molecule has 2 aromatic heterocycles. The summed E-state index contributed by atoms with van der Waals surface area (Å²) in [6, 6.07) is 7.36. The molecule has 0 unspecified atom stereocenters. The molecule has 0 aliphatic carbocycles. The van der Waals surface area contributed by atoms with E-state index in [-0.39, 0.29) is 5.82 Å². The Morgan fingerprint density at radius 3 is 2.69 bits per heavy atom. The van der Waals surface area contributed by atoms with E-state index in [1.165, 1.54) is 6.20 Å². The van der Waals surface area contributed by atoms with Crippen molar-refractivity contribution in [2.75, 3.05) is 0 Å². The van der Waals surface area contributed by atoms with Gasteiger partial charge in [0.05, 0.1) is 5.69 Å². The van der Waals surface area contributed by atoms with Gasteiger partial charge in [-0.15, -0.1) is 0 Å². The van der Waals surface area contributed by atoms with Crippen molar-refractivity contribution in [3.63, 3.8) is 0 Å². The largest absolute Gasteiger partial charge is 0.300 e. The van der Waals surface area contributed by atoms with Crippen LogP contribution in [0.4, 0.5) is 4.39 Å². The van der Waals surface area contributed by atoms with Gasteiger partial charge in [-0.1, -0.05) is 24.3 Å². The highest BCUT2D eigenvalue weighted by atomic mass is 79.9. The first-order chi connectivity index (χ1) is 7.68. The van der Waals surface area contributed by atoms with Crippen LogP contribution in [0.2, 0.25) is 0 Å². The van der Waals surface area contributed by atoms with Crippen LogP contribution in [0.15, 0.2) is 35.1 Å². The first-order valence-electron chi connectivity index (χ1n) is 4.90. The number of nitrogens with zero attached hydrogens (tertiary/aromatic N) is 2. The minimum absolute atomic E-state index is 0.226. The second-order valence-electron chi connectivity index (χ2n) is 3.70. The number of hydrogen-bond donors (Lipinski definition) is 0. The van der Waals surface area contributed by atoms with E-state index in [0.29, 0.717) is 5.39 Å². The molecule has 16 heavy (non-hydrogen) atoms. The van der Waals surface area contributed by atoms with Crippen molar-refractivity contribution in [2.24, 2.45) is 0 Å². The number of halogens is 2. The number of pyridine rings is 1. The zero-order chi connectivity index (χ0) is 11.3. The number of hydrogen-bond acceptors (Lipinski definition) is 1. The number of aromatic nitrogens is 2. The molecule has 0 aliphatic rings. The van der Waals surface area contributed by atoms with Gasteiger partial charge in [-0.2, -0.15) is 0 Å². The Morgan fingerprint density at radius 1 is 1.25 bits per heavy atom. The molecular weight excluding hydrogens is 271 g/mol. The van der Waals surface area contributed by atoms with Crippen LogP contribution in [-0.2, 0) is 0 Å². The fourth-order valence-electron chi connectivity index (χ4n) is 1.90. The van der Waals surface area contributed by atoms with Crippen molar-refractivity contribution in [1.29, 1.82) is 0 Å².